The van der Waals surface area contributed by atoms with E-state index in [-0.39, 0.29) is 0 Å². The number of hydrogen-bond donors (Lipinski definition) is 0. The maximum atomic E-state index is 4.78. The van der Waals surface area contributed by atoms with Crippen LogP contribution in [0.2, 0.25) is 0 Å². The van der Waals surface area contributed by atoms with Gasteiger partial charge >= 0.3 is 0 Å². The summed E-state index contributed by atoms with van der Waals surface area (Å²) in [6.07, 6.45) is 24.7. The van der Waals surface area contributed by atoms with Gasteiger partial charge in [-0.1, -0.05) is 105 Å². The third-order valence-corrected chi connectivity index (χ3v) is 7.61. The van der Waals surface area contributed by atoms with Gasteiger partial charge in [0.15, 0.2) is 0 Å². The van der Waals surface area contributed by atoms with Crippen molar-refractivity contribution < 1.29 is 0 Å². The van der Waals surface area contributed by atoms with Crippen molar-refractivity contribution in [2.75, 3.05) is 36.0 Å². The first-order valence-electron chi connectivity index (χ1n) is 16.2. The maximum absolute atomic E-state index is 4.78. The van der Waals surface area contributed by atoms with Crippen LogP contribution in [0.5, 0.6) is 0 Å². The molecule has 2 rings (SSSR count). The van der Waals surface area contributed by atoms with Gasteiger partial charge in [-0.25, -0.2) is 0 Å². The van der Waals surface area contributed by atoms with Gasteiger partial charge in [-0.3, -0.25) is 9.97 Å². The molecule has 0 saturated carbocycles. The van der Waals surface area contributed by atoms with Gasteiger partial charge in [0.25, 0.3) is 0 Å². The van der Waals surface area contributed by atoms with E-state index >= 15 is 0 Å². The van der Waals surface area contributed by atoms with Gasteiger partial charge in [-0.2, -0.15) is 0 Å². The molecule has 0 aliphatic carbocycles. The minimum absolute atomic E-state index is 0.994. The van der Waals surface area contributed by atoms with E-state index in [1.165, 1.54) is 114 Å². The molecule has 0 aliphatic rings. The Morgan fingerprint density at radius 3 is 1.05 bits per heavy atom. The normalized spacial score (nSPS) is 11.2. The van der Waals surface area contributed by atoms with Crippen molar-refractivity contribution in [1.29, 1.82) is 0 Å². The first-order chi connectivity index (χ1) is 18.7. The minimum Gasteiger partial charge on any atom is -0.371 e. The number of unbranched alkanes of at least 4 members (excludes halogenated alkanes) is 12. The first-order valence-corrected chi connectivity index (χ1v) is 16.2. The van der Waals surface area contributed by atoms with Crippen molar-refractivity contribution in [2.45, 2.75) is 130 Å². The Morgan fingerprint density at radius 1 is 0.447 bits per heavy atom. The van der Waals surface area contributed by atoms with Crippen LogP contribution >= 0.6 is 0 Å². The van der Waals surface area contributed by atoms with Crippen LogP contribution in [0.1, 0.15) is 130 Å². The Kier molecular flexibility index (Phi) is 17.6. The van der Waals surface area contributed by atoms with Gasteiger partial charge in [0.2, 0.25) is 0 Å². The summed E-state index contributed by atoms with van der Waals surface area (Å²) in [5, 5.41) is 0. The summed E-state index contributed by atoms with van der Waals surface area (Å²) < 4.78 is 0. The Labute approximate surface area is 235 Å². The molecule has 0 saturated heterocycles. The molecule has 0 unspecified atom stereocenters. The SMILES string of the molecule is CCCCCCN(CCCCCC)c1ccnc(-c2cc(N(CCCCCC)CCCCCC)ccn2)c1. The molecule has 0 bridgehead atoms. The third kappa shape index (κ3) is 12.6. The van der Waals surface area contributed by atoms with Crippen LogP contribution in [0, 0.1) is 0 Å². The van der Waals surface area contributed by atoms with Crippen molar-refractivity contribution in [2.24, 2.45) is 0 Å². The number of nitrogens with zero attached hydrogens (tertiary/aromatic N) is 4. The topological polar surface area (TPSA) is 32.3 Å². The lowest BCUT2D eigenvalue weighted by Crippen LogP contribution is -2.26. The van der Waals surface area contributed by atoms with E-state index in [0.29, 0.717) is 0 Å². The smallest absolute Gasteiger partial charge is 0.0907 e. The zero-order chi connectivity index (χ0) is 27.3. The van der Waals surface area contributed by atoms with E-state index in [9.17, 15) is 0 Å². The minimum atomic E-state index is 0.994. The highest BCUT2D eigenvalue weighted by Crippen LogP contribution is 2.26. The highest BCUT2D eigenvalue weighted by Gasteiger charge is 2.12. The average Bonchev–Trinajstić information content (AvgIpc) is 2.95. The molecule has 0 aromatic carbocycles. The summed E-state index contributed by atoms with van der Waals surface area (Å²) in [7, 11) is 0. The summed E-state index contributed by atoms with van der Waals surface area (Å²) in [4.78, 5) is 14.7. The predicted octanol–water partition coefficient (Wildman–Crippen LogP) is 10.1. The largest absolute Gasteiger partial charge is 0.371 e. The molecule has 4 nitrogen and oxygen atoms in total. The second-order valence-electron chi connectivity index (χ2n) is 11.0. The van der Waals surface area contributed by atoms with Crippen LogP contribution in [0.4, 0.5) is 11.4 Å². The van der Waals surface area contributed by atoms with E-state index in [1.54, 1.807) is 0 Å². The summed E-state index contributed by atoms with van der Waals surface area (Å²) in [6.45, 7) is 13.7. The van der Waals surface area contributed by atoms with Crippen molar-refractivity contribution in [3.63, 3.8) is 0 Å². The molecule has 4 heteroatoms. The van der Waals surface area contributed by atoms with Gasteiger partial charge in [0.05, 0.1) is 11.4 Å². The van der Waals surface area contributed by atoms with Crippen LogP contribution in [0.3, 0.4) is 0 Å². The Hall–Kier alpha value is -2.10. The number of aromatic nitrogens is 2. The summed E-state index contributed by atoms with van der Waals surface area (Å²) in [5.74, 6) is 0. The molecule has 0 spiro atoms. The van der Waals surface area contributed by atoms with E-state index in [2.05, 4.69) is 61.8 Å². The van der Waals surface area contributed by atoms with Crippen molar-refractivity contribution >= 4 is 11.4 Å². The Bertz CT molecular complexity index is 743. The Morgan fingerprint density at radius 2 is 0.763 bits per heavy atom. The van der Waals surface area contributed by atoms with E-state index in [0.717, 1.165) is 37.6 Å². The highest BCUT2D eigenvalue weighted by molar-refractivity contribution is 5.65. The number of anilines is 2. The van der Waals surface area contributed by atoms with Gasteiger partial charge in [-0.05, 0) is 49.9 Å². The standard InChI is InChI=1S/C34H58N4/c1-5-9-13-17-25-37(26-18-14-10-6-2)31-21-23-35-33(29-31)34-30-32(22-24-36-34)38(27-19-15-11-7-3)28-20-16-12-8-4/h21-24,29-30H,5-20,25-28H2,1-4H3. The second-order valence-corrected chi connectivity index (χ2v) is 11.0. The number of hydrogen-bond acceptors (Lipinski definition) is 4. The molecule has 2 aromatic heterocycles. The lowest BCUT2D eigenvalue weighted by Gasteiger charge is -2.26. The molecule has 214 valence electrons. The summed E-state index contributed by atoms with van der Waals surface area (Å²) >= 11 is 0. The molecule has 2 aromatic rings. The second kappa shape index (κ2) is 20.8. The molecule has 0 fully saturated rings. The lowest BCUT2D eigenvalue weighted by atomic mass is 10.1. The molecule has 0 aliphatic heterocycles. The lowest BCUT2D eigenvalue weighted by molar-refractivity contribution is 0.608. The van der Waals surface area contributed by atoms with Gasteiger partial charge in [0, 0.05) is 49.9 Å². The van der Waals surface area contributed by atoms with E-state index in [4.69, 9.17) is 9.97 Å². The third-order valence-electron chi connectivity index (χ3n) is 7.61. The van der Waals surface area contributed by atoms with Crippen LogP contribution in [-0.4, -0.2) is 36.1 Å². The quantitative estimate of drug-likeness (QED) is 0.136. The van der Waals surface area contributed by atoms with Crippen LogP contribution < -0.4 is 9.80 Å². The molecule has 0 atom stereocenters. The number of rotatable bonds is 23. The van der Waals surface area contributed by atoms with Crippen LogP contribution in [-0.2, 0) is 0 Å². The van der Waals surface area contributed by atoms with Crippen molar-refractivity contribution in [3.05, 3.63) is 36.7 Å². The highest BCUT2D eigenvalue weighted by atomic mass is 15.1. The fourth-order valence-electron chi connectivity index (χ4n) is 5.17. The Balaban J connectivity index is 2.18. The molecule has 0 amide bonds. The fourth-order valence-corrected chi connectivity index (χ4v) is 5.17. The van der Waals surface area contributed by atoms with Crippen LogP contribution in [0.15, 0.2) is 36.7 Å². The van der Waals surface area contributed by atoms with Gasteiger partial charge < -0.3 is 9.80 Å². The molecule has 0 radical (unpaired) electrons. The zero-order valence-electron chi connectivity index (χ0n) is 25.4. The first kappa shape index (κ1) is 32.1. The predicted molar refractivity (Wildman–Crippen MR) is 168 cm³/mol. The molecule has 38 heavy (non-hydrogen) atoms. The monoisotopic (exact) mass is 522 g/mol. The summed E-state index contributed by atoms with van der Waals surface area (Å²) in [5.41, 5.74) is 4.58. The summed E-state index contributed by atoms with van der Waals surface area (Å²) in [6, 6.07) is 8.94. The fraction of sp³-hybridized carbons (Fsp3) is 0.706. The molecule has 2 heterocycles. The number of pyridine rings is 2. The molecular formula is C34H58N4. The van der Waals surface area contributed by atoms with Gasteiger partial charge in [-0.15, -0.1) is 0 Å². The van der Waals surface area contributed by atoms with Gasteiger partial charge in [0.1, 0.15) is 0 Å². The van der Waals surface area contributed by atoms with Crippen molar-refractivity contribution in [3.8, 4) is 11.4 Å². The van der Waals surface area contributed by atoms with Crippen molar-refractivity contribution in [1.82, 2.24) is 9.97 Å². The van der Waals surface area contributed by atoms with E-state index < -0.39 is 0 Å². The zero-order valence-corrected chi connectivity index (χ0v) is 25.4. The van der Waals surface area contributed by atoms with Crippen LogP contribution in [0.25, 0.3) is 11.4 Å². The maximum Gasteiger partial charge on any atom is 0.0907 e. The molecule has 0 N–H and O–H groups in total. The molecular weight excluding hydrogens is 464 g/mol. The van der Waals surface area contributed by atoms with E-state index in [1.807, 2.05) is 12.4 Å². The average molecular weight is 523 g/mol.